The van der Waals surface area contributed by atoms with Crippen molar-refractivity contribution >= 4 is 27.5 Å². The van der Waals surface area contributed by atoms with Crippen molar-refractivity contribution in [3.05, 3.63) is 52.5 Å². The molecule has 0 aliphatic rings. The van der Waals surface area contributed by atoms with Gasteiger partial charge in [0.1, 0.15) is 0 Å². The van der Waals surface area contributed by atoms with Gasteiger partial charge in [-0.05, 0) is 41.5 Å². The van der Waals surface area contributed by atoms with Crippen LogP contribution in [0, 0.1) is 11.6 Å². The first-order valence-corrected chi connectivity index (χ1v) is 6.28. The van der Waals surface area contributed by atoms with E-state index in [9.17, 15) is 13.6 Å². The Hall–Kier alpha value is -1.75. The average Bonchev–Trinajstić information content (AvgIpc) is 2.31. The molecule has 0 radical (unpaired) electrons. The molecule has 19 heavy (non-hydrogen) atoms. The number of hydrogen-bond acceptors (Lipinski definition) is 1. The van der Waals surface area contributed by atoms with Gasteiger partial charge in [0.2, 0.25) is 5.91 Å². The average molecular weight is 326 g/mol. The standard InChI is InChI=1S/C14H10BrF2NO/c1-8(19)18-12-5-10(4-11(15)7-12)9-2-3-13(16)14(17)6-9/h2-7H,1H3,(H,18,19). The van der Waals surface area contributed by atoms with Crippen LogP contribution < -0.4 is 5.32 Å². The minimum Gasteiger partial charge on any atom is -0.326 e. The molecular weight excluding hydrogens is 316 g/mol. The molecule has 1 amide bonds. The Bertz CT molecular complexity index is 643. The van der Waals surface area contributed by atoms with Crippen LogP contribution in [0.1, 0.15) is 6.92 Å². The molecule has 0 unspecified atom stereocenters. The molecule has 0 aliphatic heterocycles. The third kappa shape index (κ3) is 3.38. The normalized spacial score (nSPS) is 10.3. The van der Waals surface area contributed by atoms with E-state index in [1.54, 1.807) is 18.2 Å². The molecule has 0 saturated carbocycles. The van der Waals surface area contributed by atoms with Crippen LogP contribution in [0.15, 0.2) is 40.9 Å². The fourth-order valence-electron chi connectivity index (χ4n) is 1.71. The van der Waals surface area contributed by atoms with Crippen molar-refractivity contribution in [2.24, 2.45) is 0 Å². The molecule has 0 aromatic heterocycles. The maximum atomic E-state index is 13.2. The van der Waals surface area contributed by atoms with Crippen LogP contribution in [0.2, 0.25) is 0 Å². The molecule has 0 heterocycles. The first-order chi connectivity index (χ1) is 8.95. The fraction of sp³-hybridized carbons (Fsp3) is 0.0714. The van der Waals surface area contributed by atoms with Crippen LogP contribution in [-0.2, 0) is 4.79 Å². The monoisotopic (exact) mass is 325 g/mol. The van der Waals surface area contributed by atoms with Crippen molar-refractivity contribution in [3.8, 4) is 11.1 Å². The number of carbonyl (C=O) groups excluding carboxylic acids is 1. The molecule has 5 heteroatoms. The lowest BCUT2D eigenvalue weighted by Gasteiger charge is -2.08. The van der Waals surface area contributed by atoms with Gasteiger partial charge in [-0.2, -0.15) is 0 Å². The lowest BCUT2D eigenvalue weighted by atomic mass is 10.0. The van der Waals surface area contributed by atoms with Crippen LogP contribution in [-0.4, -0.2) is 5.91 Å². The maximum absolute atomic E-state index is 13.2. The minimum atomic E-state index is -0.904. The van der Waals surface area contributed by atoms with Gasteiger partial charge in [0.05, 0.1) is 0 Å². The molecule has 2 aromatic carbocycles. The maximum Gasteiger partial charge on any atom is 0.221 e. The molecule has 1 N–H and O–H groups in total. The third-order valence-corrected chi connectivity index (χ3v) is 2.93. The van der Waals surface area contributed by atoms with Crippen molar-refractivity contribution in [2.75, 3.05) is 5.32 Å². The highest BCUT2D eigenvalue weighted by Crippen LogP contribution is 2.28. The first kappa shape index (κ1) is 13.7. The summed E-state index contributed by atoms with van der Waals surface area (Å²) in [7, 11) is 0. The largest absolute Gasteiger partial charge is 0.326 e. The quantitative estimate of drug-likeness (QED) is 0.873. The Morgan fingerprint density at radius 3 is 2.42 bits per heavy atom. The van der Waals surface area contributed by atoms with Crippen molar-refractivity contribution < 1.29 is 13.6 Å². The summed E-state index contributed by atoms with van der Waals surface area (Å²) < 4.78 is 26.9. The highest BCUT2D eigenvalue weighted by atomic mass is 79.9. The number of halogens is 3. The number of nitrogens with one attached hydrogen (secondary N) is 1. The van der Waals surface area contributed by atoms with Crippen LogP contribution in [0.25, 0.3) is 11.1 Å². The second-order valence-corrected chi connectivity index (χ2v) is 4.95. The molecule has 0 atom stereocenters. The summed E-state index contributed by atoms with van der Waals surface area (Å²) in [5.41, 5.74) is 1.80. The number of amides is 1. The van der Waals surface area contributed by atoms with Crippen LogP contribution in [0.4, 0.5) is 14.5 Å². The summed E-state index contributed by atoms with van der Waals surface area (Å²) in [5, 5.41) is 2.65. The van der Waals surface area contributed by atoms with Crippen molar-refractivity contribution in [3.63, 3.8) is 0 Å². The Labute approximate surface area is 117 Å². The molecule has 2 aromatic rings. The van der Waals surface area contributed by atoms with E-state index in [0.29, 0.717) is 16.8 Å². The number of benzene rings is 2. The predicted molar refractivity (Wildman–Crippen MR) is 73.8 cm³/mol. The van der Waals surface area contributed by atoms with E-state index in [0.717, 1.165) is 16.6 Å². The summed E-state index contributed by atoms with van der Waals surface area (Å²) in [5.74, 6) is -1.99. The molecule has 0 saturated heterocycles. The highest BCUT2D eigenvalue weighted by molar-refractivity contribution is 9.10. The molecule has 0 bridgehead atoms. The SMILES string of the molecule is CC(=O)Nc1cc(Br)cc(-c2ccc(F)c(F)c2)c1. The smallest absolute Gasteiger partial charge is 0.221 e. The molecule has 0 aliphatic carbocycles. The third-order valence-electron chi connectivity index (χ3n) is 2.47. The van der Waals surface area contributed by atoms with Crippen molar-refractivity contribution in [2.45, 2.75) is 6.92 Å². The van der Waals surface area contributed by atoms with Gasteiger partial charge in [-0.1, -0.05) is 22.0 Å². The predicted octanol–water partition coefficient (Wildman–Crippen LogP) is 4.35. The van der Waals surface area contributed by atoms with Gasteiger partial charge in [-0.25, -0.2) is 8.78 Å². The Morgan fingerprint density at radius 1 is 1.05 bits per heavy atom. The van der Waals surface area contributed by atoms with Crippen molar-refractivity contribution in [1.29, 1.82) is 0 Å². The lowest BCUT2D eigenvalue weighted by molar-refractivity contribution is -0.114. The Morgan fingerprint density at radius 2 is 1.79 bits per heavy atom. The highest BCUT2D eigenvalue weighted by Gasteiger charge is 2.07. The van der Waals surface area contributed by atoms with Gasteiger partial charge in [-0.15, -0.1) is 0 Å². The lowest BCUT2D eigenvalue weighted by Crippen LogP contribution is -2.05. The zero-order chi connectivity index (χ0) is 14.0. The van der Waals surface area contributed by atoms with E-state index < -0.39 is 11.6 Å². The van der Waals surface area contributed by atoms with Gasteiger partial charge in [-0.3, -0.25) is 4.79 Å². The minimum absolute atomic E-state index is 0.200. The summed E-state index contributed by atoms with van der Waals surface area (Å²) in [6, 6.07) is 8.86. The fourth-order valence-corrected chi connectivity index (χ4v) is 2.20. The van der Waals surface area contributed by atoms with E-state index in [1.807, 2.05) is 0 Å². The summed E-state index contributed by atoms with van der Waals surface area (Å²) >= 11 is 3.31. The topological polar surface area (TPSA) is 29.1 Å². The molecule has 0 spiro atoms. The van der Waals surface area contributed by atoms with E-state index >= 15 is 0 Å². The Balaban J connectivity index is 2.46. The summed E-state index contributed by atoms with van der Waals surface area (Å²) in [6.45, 7) is 1.40. The van der Waals surface area contributed by atoms with E-state index in [2.05, 4.69) is 21.2 Å². The zero-order valence-corrected chi connectivity index (χ0v) is 11.6. The van der Waals surface area contributed by atoms with E-state index in [1.165, 1.54) is 13.0 Å². The van der Waals surface area contributed by atoms with Gasteiger partial charge < -0.3 is 5.32 Å². The van der Waals surface area contributed by atoms with E-state index in [-0.39, 0.29) is 5.91 Å². The van der Waals surface area contributed by atoms with Gasteiger partial charge in [0, 0.05) is 17.1 Å². The van der Waals surface area contributed by atoms with Crippen LogP contribution in [0.5, 0.6) is 0 Å². The number of rotatable bonds is 2. The molecule has 0 fully saturated rings. The number of carbonyl (C=O) groups is 1. The number of anilines is 1. The molecule has 98 valence electrons. The number of hydrogen-bond donors (Lipinski definition) is 1. The molecular formula is C14H10BrF2NO. The van der Waals surface area contributed by atoms with Gasteiger partial charge in [0.15, 0.2) is 11.6 Å². The summed E-state index contributed by atoms with van der Waals surface area (Å²) in [6.07, 6.45) is 0. The summed E-state index contributed by atoms with van der Waals surface area (Å²) in [4.78, 5) is 11.0. The molecule has 2 nitrogen and oxygen atoms in total. The second kappa shape index (κ2) is 5.48. The van der Waals surface area contributed by atoms with Gasteiger partial charge in [0.25, 0.3) is 0 Å². The van der Waals surface area contributed by atoms with Crippen molar-refractivity contribution in [1.82, 2.24) is 0 Å². The zero-order valence-electron chi connectivity index (χ0n) is 10.0. The molecule has 2 rings (SSSR count). The second-order valence-electron chi connectivity index (χ2n) is 4.04. The van der Waals surface area contributed by atoms with Gasteiger partial charge >= 0.3 is 0 Å². The van der Waals surface area contributed by atoms with Crippen LogP contribution in [0.3, 0.4) is 0 Å². The van der Waals surface area contributed by atoms with Crippen LogP contribution >= 0.6 is 15.9 Å². The first-order valence-electron chi connectivity index (χ1n) is 5.49. The Kier molecular flexibility index (Phi) is 3.95. The van der Waals surface area contributed by atoms with E-state index in [4.69, 9.17) is 0 Å².